The highest BCUT2D eigenvalue weighted by molar-refractivity contribution is 7.99. The van der Waals surface area contributed by atoms with Crippen LogP contribution >= 0.6 is 11.8 Å². The van der Waals surface area contributed by atoms with Gasteiger partial charge in [-0.1, -0.05) is 42.1 Å². The van der Waals surface area contributed by atoms with Gasteiger partial charge < -0.3 is 14.4 Å². The van der Waals surface area contributed by atoms with Crippen molar-refractivity contribution in [2.24, 2.45) is 7.05 Å². The topological polar surface area (TPSA) is 55.5 Å². The number of nitrogens with one attached hydrogen (secondary N) is 1. The van der Waals surface area contributed by atoms with Crippen molar-refractivity contribution in [1.82, 2.24) is 19.7 Å². The van der Waals surface area contributed by atoms with Gasteiger partial charge in [0.05, 0.1) is 31.9 Å². The van der Waals surface area contributed by atoms with Crippen LogP contribution in [0.5, 0.6) is 0 Å². The average molecular weight is 346 g/mol. The molecule has 0 aliphatic carbocycles. The summed E-state index contributed by atoms with van der Waals surface area (Å²) in [7, 11) is 1.92. The molecule has 3 rings (SSSR count). The fourth-order valence-electron chi connectivity index (χ4n) is 2.86. The molecular formula is C17H24N5OS+. The highest BCUT2D eigenvalue weighted by atomic mass is 32.2. The monoisotopic (exact) mass is 346 g/mol. The molecule has 1 aromatic carbocycles. The predicted octanol–water partition coefficient (Wildman–Crippen LogP) is 0.143. The number of rotatable bonds is 5. The van der Waals surface area contributed by atoms with Crippen molar-refractivity contribution >= 4 is 17.7 Å². The van der Waals surface area contributed by atoms with Crippen LogP contribution in [-0.4, -0.2) is 57.5 Å². The van der Waals surface area contributed by atoms with E-state index in [4.69, 9.17) is 0 Å². The number of benzene rings is 1. The summed E-state index contributed by atoms with van der Waals surface area (Å²) in [6, 6.07) is 10.6. The first-order chi connectivity index (χ1) is 11.6. The number of amides is 1. The minimum Gasteiger partial charge on any atom is -0.331 e. The largest absolute Gasteiger partial charge is 0.331 e. The molecule has 0 radical (unpaired) electrons. The van der Waals surface area contributed by atoms with Crippen LogP contribution in [0.3, 0.4) is 0 Å². The number of piperazine rings is 1. The fourth-order valence-corrected chi connectivity index (χ4v) is 3.72. The van der Waals surface area contributed by atoms with Gasteiger partial charge in [-0.2, -0.15) is 0 Å². The molecule has 1 amide bonds. The first kappa shape index (κ1) is 17.0. The molecule has 1 saturated heterocycles. The van der Waals surface area contributed by atoms with E-state index in [0.717, 1.165) is 43.7 Å². The number of quaternary nitrogens is 1. The first-order valence-electron chi connectivity index (χ1n) is 8.27. The molecule has 1 N–H and O–H groups in total. The van der Waals surface area contributed by atoms with Crippen LogP contribution in [0.25, 0.3) is 0 Å². The molecule has 1 aliphatic rings. The Morgan fingerprint density at radius 2 is 1.92 bits per heavy atom. The highest BCUT2D eigenvalue weighted by Crippen LogP contribution is 2.15. The normalized spacial score (nSPS) is 15.7. The van der Waals surface area contributed by atoms with E-state index >= 15 is 0 Å². The average Bonchev–Trinajstić information content (AvgIpc) is 2.93. The number of aromatic nitrogens is 3. The predicted molar refractivity (Wildman–Crippen MR) is 93.9 cm³/mol. The van der Waals surface area contributed by atoms with Crippen LogP contribution in [0.4, 0.5) is 0 Å². The second-order valence-electron chi connectivity index (χ2n) is 6.17. The van der Waals surface area contributed by atoms with Crippen molar-refractivity contribution in [3.8, 4) is 0 Å². The lowest BCUT2D eigenvalue weighted by Crippen LogP contribution is -3.13. The number of carbonyl (C=O) groups is 1. The zero-order valence-corrected chi connectivity index (χ0v) is 15.1. The maximum Gasteiger partial charge on any atom is 0.233 e. The lowest BCUT2D eigenvalue weighted by molar-refractivity contribution is -0.917. The van der Waals surface area contributed by atoms with Crippen LogP contribution in [0.2, 0.25) is 0 Å². The molecular weight excluding hydrogens is 322 g/mol. The molecule has 1 aliphatic heterocycles. The van der Waals surface area contributed by atoms with Crippen molar-refractivity contribution in [2.75, 3.05) is 31.9 Å². The van der Waals surface area contributed by atoms with Gasteiger partial charge in [0.1, 0.15) is 12.4 Å². The molecule has 0 unspecified atom stereocenters. The van der Waals surface area contributed by atoms with Crippen molar-refractivity contribution in [2.45, 2.75) is 18.6 Å². The zero-order chi connectivity index (χ0) is 16.9. The maximum atomic E-state index is 12.4. The number of thioether (sulfide) groups is 1. The third-order valence-electron chi connectivity index (χ3n) is 4.50. The minimum absolute atomic E-state index is 0.194. The maximum absolute atomic E-state index is 12.4. The summed E-state index contributed by atoms with van der Waals surface area (Å²) < 4.78 is 1.92. The Morgan fingerprint density at radius 3 is 2.54 bits per heavy atom. The molecule has 2 heterocycles. The Labute approximate surface area is 146 Å². The molecule has 6 nitrogen and oxygen atoms in total. The van der Waals surface area contributed by atoms with Gasteiger partial charge >= 0.3 is 0 Å². The Hall–Kier alpha value is -1.86. The molecule has 1 aromatic heterocycles. The molecule has 0 atom stereocenters. The van der Waals surface area contributed by atoms with Gasteiger partial charge in [-0.15, -0.1) is 10.2 Å². The van der Waals surface area contributed by atoms with Crippen molar-refractivity contribution in [1.29, 1.82) is 0 Å². The van der Waals surface area contributed by atoms with E-state index in [1.54, 1.807) is 4.90 Å². The van der Waals surface area contributed by atoms with Crippen LogP contribution in [0, 0.1) is 6.92 Å². The summed E-state index contributed by atoms with van der Waals surface area (Å²) in [5.74, 6) is 1.49. The van der Waals surface area contributed by atoms with Crippen LogP contribution in [0.15, 0.2) is 35.5 Å². The molecule has 1 fully saturated rings. The number of hydrogen-bond donors (Lipinski definition) is 1. The van der Waals surface area contributed by atoms with Crippen LogP contribution < -0.4 is 4.90 Å². The standard InChI is InChI=1S/C17H23N5OS/c1-14-18-19-17(20(14)2)24-13-16(23)22-10-8-21(9-11-22)12-15-6-4-3-5-7-15/h3-7H,8-13H2,1-2H3/p+1. The van der Waals surface area contributed by atoms with Gasteiger partial charge in [-0.3, -0.25) is 4.79 Å². The Kier molecular flexibility index (Phi) is 5.52. The second kappa shape index (κ2) is 7.81. The molecule has 7 heteroatoms. The van der Waals surface area contributed by atoms with Crippen molar-refractivity contribution in [3.63, 3.8) is 0 Å². The van der Waals surface area contributed by atoms with E-state index in [1.165, 1.54) is 17.3 Å². The smallest absolute Gasteiger partial charge is 0.233 e. The summed E-state index contributed by atoms with van der Waals surface area (Å²) in [6.07, 6.45) is 0. The van der Waals surface area contributed by atoms with E-state index in [9.17, 15) is 4.79 Å². The van der Waals surface area contributed by atoms with Gasteiger partial charge in [-0.25, -0.2) is 0 Å². The van der Waals surface area contributed by atoms with Crippen LogP contribution in [0.1, 0.15) is 11.4 Å². The number of aryl methyl sites for hydroxylation is 1. The lowest BCUT2D eigenvalue weighted by atomic mass is 10.2. The third kappa shape index (κ3) is 4.15. The Bertz CT molecular complexity index is 680. The molecule has 24 heavy (non-hydrogen) atoms. The molecule has 128 valence electrons. The summed E-state index contributed by atoms with van der Waals surface area (Å²) >= 11 is 1.46. The van der Waals surface area contributed by atoms with Gasteiger partial charge in [0.15, 0.2) is 5.16 Å². The van der Waals surface area contributed by atoms with Gasteiger partial charge in [0, 0.05) is 12.6 Å². The Morgan fingerprint density at radius 1 is 1.21 bits per heavy atom. The van der Waals surface area contributed by atoms with Gasteiger partial charge in [-0.05, 0) is 6.92 Å². The SMILES string of the molecule is Cc1nnc(SCC(=O)N2CC[NH+](Cc3ccccc3)CC2)n1C. The lowest BCUT2D eigenvalue weighted by Gasteiger charge is -2.32. The van der Waals surface area contributed by atoms with Gasteiger partial charge in [0.2, 0.25) is 5.91 Å². The van der Waals surface area contributed by atoms with E-state index in [-0.39, 0.29) is 5.91 Å². The minimum atomic E-state index is 0.194. The molecule has 0 spiro atoms. The first-order valence-corrected chi connectivity index (χ1v) is 9.26. The second-order valence-corrected chi connectivity index (χ2v) is 7.11. The van der Waals surface area contributed by atoms with Gasteiger partial charge in [0.25, 0.3) is 0 Å². The summed E-state index contributed by atoms with van der Waals surface area (Å²) in [6.45, 7) is 6.63. The third-order valence-corrected chi connectivity index (χ3v) is 5.50. The molecule has 0 bridgehead atoms. The number of carbonyl (C=O) groups excluding carboxylic acids is 1. The van der Waals surface area contributed by atoms with Crippen molar-refractivity contribution < 1.29 is 9.69 Å². The summed E-state index contributed by atoms with van der Waals surface area (Å²) in [5, 5.41) is 8.91. The number of nitrogens with zero attached hydrogens (tertiary/aromatic N) is 4. The van der Waals surface area contributed by atoms with E-state index in [0.29, 0.717) is 5.75 Å². The van der Waals surface area contributed by atoms with Crippen LogP contribution in [-0.2, 0) is 18.4 Å². The Balaban J connectivity index is 1.44. The highest BCUT2D eigenvalue weighted by Gasteiger charge is 2.24. The summed E-state index contributed by atoms with van der Waals surface area (Å²) in [4.78, 5) is 15.9. The quantitative estimate of drug-likeness (QED) is 0.783. The summed E-state index contributed by atoms with van der Waals surface area (Å²) in [5.41, 5.74) is 1.36. The van der Waals surface area contributed by atoms with E-state index in [1.807, 2.05) is 29.5 Å². The van der Waals surface area contributed by atoms with Crippen molar-refractivity contribution in [3.05, 3.63) is 41.7 Å². The fraction of sp³-hybridized carbons (Fsp3) is 0.471. The number of hydrogen-bond acceptors (Lipinski definition) is 4. The van der Waals surface area contributed by atoms with E-state index < -0.39 is 0 Å². The van der Waals surface area contributed by atoms with E-state index in [2.05, 4.69) is 34.5 Å². The molecule has 0 saturated carbocycles. The zero-order valence-electron chi connectivity index (χ0n) is 14.2. The molecule has 2 aromatic rings.